The maximum Gasteiger partial charge on any atom is 0.244 e. The van der Waals surface area contributed by atoms with Gasteiger partial charge in [-0.05, 0) is 48.4 Å². The number of nitrogens with zero attached hydrogens (tertiary/aromatic N) is 2. The molecule has 10 heteroatoms. The Hall–Kier alpha value is -3.43. The summed E-state index contributed by atoms with van der Waals surface area (Å²) in [5, 5.41) is 3.30. The number of rotatable bonds is 11. The molecule has 0 heterocycles. The molecule has 1 unspecified atom stereocenters. The molecule has 3 rings (SSSR count). The number of carbonyl (C=O) groups is 2. The lowest BCUT2D eigenvalue weighted by Gasteiger charge is -2.33. The number of halogens is 2. The molecule has 1 atom stereocenters. The molecule has 37 heavy (non-hydrogen) atoms. The lowest BCUT2D eigenvalue weighted by atomic mass is 10.0. The van der Waals surface area contributed by atoms with Gasteiger partial charge in [0.05, 0.1) is 11.9 Å². The van der Waals surface area contributed by atoms with Gasteiger partial charge in [0.25, 0.3) is 0 Å². The summed E-state index contributed by atoms with van der Waals surface area (Å²) < 4.78 is 40.0. The average molecular weight is 546 g/mol. The number of hydrogen-bond donors (Lipinski definition) is 1. The molecule has 0 aliphatic heterocycles. The SMILES string of the molecule is CCNC(=O)C(Cc1ccccc1)N(Cc1ccc(Cl)cc1)C(=O)CN(c1cccc(F)c1)S(C)(=O)=O. The Labute approximate surface area is 221 Å². The van der Waals surface area contributed by atoms with Gasteiger partial charge in [0.1, 0.15) is 18.4 Å². The molecule has 0 bridgehead atoms. The van der Waals surface area contributed by atoms with Gasteiger partial charge in [0, 0.05) is 24.5 Å². The molecule has 2 amide bonds. The quantitative estimate of drug-likeness (QED) is 0.394. The van der Waals surface area contributed by atoms with Crippen LogP contribution in [0.5, 0.6) is 0 Å². The number of anilines is 1. The van der Waals surface area contributed by atoms with Gasteiger partial charge < -0.3 is 10.2 Å². The minimum absolute atomic E-state index is 0.0138. The van der Waals surface area contributed by atoms with Gasteiger partial charge in [-0.25, -0.2) is 12.8 Å². The summed E-state index contributed by atoms with van der Waals surface area (Å²) in [6.45, 7) is 1.55. The highest BCUT2D eigenvalue weighted by Gasteiger charge is 2.32. The van der Waals surface area contributed by atoms with E-state index in [4.69, 9.17) is 11.6 Å². The Morgan fingerprint density at radius 3 is 2.24 bits per heavy atom. The highest BCUT2D eigenvalue weighted by atomic mass is 35.5. The molecule has 196 valence electrons. The molecule has 0 fully saturated rings. The zero-order chi connectivity index (χ0) is 27.0. The maximum absolute atomic E-state index is 13.9. The van der Waals surface area contributed by atoms with E-state index in [0.29, 0.717) is 17.1 Å². The third-order valence-corrected chi connectivity index (χ3v) is 7.06. The first-order valence-electron chi connectivity index (χ1n) is 11.7. The fraction of sp³-hybridized carbons (Fsp3) is 0.259. The van der Waals surface area contributed by atoms with Crippen LogP contribution in [-0.4, -0.2) is 50.5 Å². The average Bonchev–Trinajstić information content (AvgIpc) is 2.85. The molecule has 0 saturated carbocycles. The second kappa shape index (κ2) is 12.7. The molecule has 0 radical (unpaired) electrons. The number of hydrogen-bond acceptors (Lipinski definition) is 4. The molecular weight excluding hydrogens is 517 g/mol. The van der Waals surface area contributed by atoms with E-state index in [1.807, 2.05) is 30.3 Å². The van der Waals surface area contributed by atoms with Crippen molar-refractivity contribution in [3.63, 3.8) is 0 Å². The van der Waals surface area contributed by atoms with E-state index in [1.54, 1.807) is 31.2 Å². The van der Waals surface area contributed by atoms with Crippen LogP contribution >= 0.6 is 11.6 Å². The van der Waals surface area contributed by atoms with E-state index >= 15 is 0 Å². The Morgan fingerprint density at radius 1 is 0.973 bits per heavy atom. The van der Waals surface area contributed by atoms with Gasteiger partial charge in [-0.2, -0.15) is 0 Å². The highest BCUT2D eigenvalue weighted by Crippen LogP contribution is 2.21. The van der Waals surface area contributed by atoms with Crippen LogP contribution in [0.3, 0.4) is 0 Å². The van der Waals surface area contributed by atoms with Crippen molar-refractivity contribution in [1.82, 2.24) is 10.2 Å². The van der Waals surface area contributed by atoms with E-state index < -0.39 is 34.3 Å². The number of amides is 2. The zero-order valence-electron chi connectivity index (χ0n) is 20.6. The minimum Gasteiger partial charge on any atom is -0.355 e. The molecule has 0 saturated heterocycles. The van der Waals surface area contributed by atoms with Gasteiger partial charge in [0.15, 0.2) is 0 Å². The first-order valence-corrected chi connectivity index (χ1v) is 13.9. The predicted molar refractivity (Wildman–Crippen MR) is 143 cm³/mol. The van der Waals surface area contributed by atoms with E-state index in [-0.39, 0.29) is 24.6 Å². The van der Waals surface area contributed by atoms with Gasteiger partial charge >= 0.3 is 0 Å². The molecule has 1 N–H and O–H groups in total. The van der Waals surface area contributed by atoms with Crippen LogP contribution in [0.4, 0.5) is 10.1 Å². The summed E-state index contributed by atoms with van der Waals surface area (Å²) in [6.07, 6.45) is 1.16. The van der Waals surface area contributed by atoms with Crippen molar-refractivity contribution >= 4 is 39.1 Å². The monoisotopic (exact) mass is 545 g/mol. The topological polar surface area (TPSA) is 86.8 Å². The maximum atomic E-state index is 13.9. The van der Waals surface area contributed by atoms with Gasteiger partial charge in [-0.3, -0.25) is 13.9 Å². The summed E-state index contributed by atoms with van der Waals surface area (Å²) in [5.74, 6) is -1.62. The zero-order valence-corrected chi connectivity index (χ0v) is 22.2. The van der Waals surface area contributed by atoms with Gasteiger partial charge in [-0.1, -0.05) is 60.1 Å². The van der Waals surface area contributed by atoms with Crippen LogP contribution in [0.1, 0.15) is 18.1 Å². The van der Waals surface area contributed by atoms with Crippen LogP contribution < -0.4 is 9.62 Å². The predicted octanol–water partition coefficient (Wildman–Crippen LogP) is 4.02. The molecule has 0 aliphatic carbocycles. The summed E-state index contributed by atoms with van der Waals surface area (Å²) in [6, 6.07) is 20.1. The summed E-state index contributed by atoms with van der Waals surface area (Å²) in [5.41, 5.74) is 1.55. The van der Waals surface area contributed by atoms with Crippen LogP contribution in [0.2, 0.25) is 5.02 Å². The van der Waals surface area contributed by atoms with Crippen molar-refractivity contribution in [2.75, 3.05) is 23.7 Å². The van der Waals surface area contributed by atoms with Gasteiger partial charge in [-0.15, -0.1) is 0 Å². The molecule has 0 aromatic heterocycles. The van der Waals surface area contributed by atoms with Crippen LogP contribution in [-0.2, 0) is 32.6 Å². The fourth-order valence-corrected chi connectivity index (χ4v) is 4.84. The van der Waals surface area contributed by atoms with E-state index in [2.05, 4.69) is 5.32 Å². The van der Waals surface area contributed by atoms with E-state index in [1.165, 1.54) is 23.1 Å². The lowest BCUT2D eigenvalue weighted by Crippen LogP contribution is -2.53. The number of sulfonamides is 1. The Kier molecular flexibility index (Phi) is 9.66. The summed E-state index contributed by atoms with van der Waals surface area (Å²) >= 11 is 6.02. The standard InChI is InChI=1S/C27H29ClFN3O4S/c1-3-30-27(34)25(16-20-8-5-4-6-9-20)31(18-21-12-14-22(28)15-13-21)26(33)19-32(37(2,35)36)24-11-7-10-23(29)17-24/h4-15,17,25H,3,16,18-19H2,1-2H3,(H,30,34). The van der Waals surface area contributed by atoms with Crippen LogP contribution in [0.15, 0.2) is 78.9 Å². The third-order valence-electron chi connectivity index (χ3n) is 5.66. The van der Waals surface area contributed by atoms with E-state index in [0.717, 1.165) is 22.2 Å². The molecule has 3 aromatic carbocycles. The molecule has 0 spiro atoms. The van der Waals surface area contributed by atoms with Gasteiger partial charge in [0.2, 0.25) is 21.8 Å². The van der Waals surface area contributed by atoms with Crippen molar-refractivity contribution in [3.8, 4) is 0 Å². The van der Waals surface area contributed by atoms with Crippen molar-refractivity contribution in [1.29, 1.82) is 0 Å². The lowest BCUT2D eigenvalue weighted by molar-refractivity contribution is -0.140. The normalized spacial score (nSPS) is 12.0. The molecule has 3 aromatic rings. The third kappa shape index (κ3) is 8.03. The Bertz CT molecular complexity index is 1320. The van der Waals surface area contributed by atoms with E-state index in [9.17, 15) is 22.4 Å². The first-order chi connectivity index (χ1) is 17.6. The van der Waals surface area contributed by atoms with Crippen LogP contribution in [0.25, 0.3) is 0 Å². The van der Waals surface area contributed by atoms with Crippen molar-refractivity contribution in [2.24, 2.45) is 0 Å². The second-order valence-corrected chi connectivity index (χ2v) is 10.8. The smallest absolute Gasteiger partial charge is 0.244 e. The first kappa shape index (κ1) is 28.1. The van der Waals surface area contributed by atoms with Crippen molar-refractivity contribution in [2.45, 2.75) is 25.9 Å². The second-order valence-electron chi connectivity index (χ2n) is 8.50. The number of likely N-dealkylation sites (N-methyl/N-ethyl adjacent to an activating group) is 1. The minimum atomic E-state index is -3.96. The fourth-order valence-electron chi connectivity index (χ4n) is 3.88. The molecular formula is C27H29ClFN3O4S. The van der Waals surface area contributed by atoms with Crippen LogP contribution in [0, 0.1) is 5.82 Å². The number of carbonyl (C=O) groups excluding carboxylic acids is 2. The highest BCUT2D eigenvalue weighted by molar-refractivity contribution is 7.92. The summed E-state index contributed by atoms with van der Waals surface area (Å²) in [4.78, 5) is 28.4. The number of nitrogens with one attached hydrogen (secondary N) is 1. The largest absolute Gasteiger partial charge is 0.355 e. The molecule has 0 aliphatic rings. The Balaban J connectivity index is 2.03. The molecule has 7 nitrogen and oxygen atoms in total. The van der Waals surface area contributed by atoms with Crippen molar-refractivity contribution in [3.05, 3.63) is 101 Å². The summed E-state index contributed by atoms with van der Waals surface area (Å²) in [7, 11) is -3.96. The number of benzene rings is 3. The van der Waals surface area contributed by atoms with Crippen molar-refractivity contribution < 1.29 is 22.4 Å². The Morgan fingerprint density at radius 2 is 1.65 bits per heavy atom.